The van der Waals surface area contributed by atoms with Gasteiger partial charge in [-0.15, -0.1) is 0 Å². The first kappa shape index (κ1) is 29.7. The molecule has 1 N–H and O–H groups in total. The monoisotopic (exact) mass is 551 g/mol. The Kier molecular flexibility index (Phi) is 10.5. The van der Waals surface area contributed by atoms with Crippen LogP contribution in [0.15, 0.2) is 83.8 Å². The summed E-state index contributed by atoms with van der Waals surface area (Å²) in [6.45, 7) is 5.80. The molecule has 0 saturated carbocycles. The fourth-order valence-electron chi connectivity index (χ4n) is 4.10. The number of carbonyl (C=O) groups excluding carboxylic acids is 2. The van der Waals surface area contributed by atoms with Crippen LogP contribution in [0.25, 0.3) is 0 Å². The van der Waals surface area contributed by atoms with Crippen LogP contribution in [0, 0.1) is 6.92 Å². The van der Waals surface area contributed by atoms with E-state index in [4.69, 9.17) is 4.74 Å². The van der Waals surface area contributed by atoms with Crippen LogP contribution in [0.2, 0.25) is 0 Å². The molecule has 0 aliphatic rings. The van der Waals surface area contributed by atoms with E-state index in [1.54, 1.807) is 49.4 Å². The van der Waals surface area contributed by atoms with Crippen LogP contribution in [0.3, 0.4) is 0 Å². The SMILES string of the molecule is CCCCNC(=O)[C@H](C)N(Cc1ccccc1C)C(=O)CN(c1cccc(OC)c1)S(=O)(=O)c1ccccc1. The van der Waals surface area contributed by atoms with E-state index in [9.17, 15) is 18.0 Å². The lowest BCUT2D eigenvalue weighted by molar-refractivity contribution is -0.139. The quantitative estimate of drug-likeness (QED) is 0.315. The molecule has 39 heavy (non-hydrogen) atoms. The van der Waals surface area contributed by atoms with Crippen molar-refractivity contribution in [2.45, 2.75) is 51.1 Å². The topological polar surface area (TPSA) is 96.0 Å². The van der Waals surface area contributed by atoms with Gasteiger partial charge < -0.3 is 15.0 Å². The fraction of sp³-hybridized carbons (Fsp3) is 0.333. The van der Waals surface area contributed by atoms with Crippen LogP contribution >= 0.6 is 0 Å². The Morgan fingerprint density at radius 3 is 2.33 bits per heavy atom. The summed E-state index contributed by atoms with van der Waals surface area (Å²) < 4.78 is 34.0. The number of anilines is 1. The second kappa shape index (κ2) is 13.8. The molecule has 0 spiro atoms. The lowest BCUT2D eigenvalue weighted by Gasteiger charge is -2.32. The maximum absolute atomic E-state index is 14.0. The van der Waals surface area contributed by atoms with Crippen molar-refractivity contribution in [3.05, 3.63) is 90.0 Å². The summed E-state index contributed by atoms with van der Waals surface area (Å²) in [5.41, 5.74) is 2.12. The van der Waals surface area contributed by atoms with E-state index in [-0.39, 0.29) is 23.0 Å². The normalized spacial score (nSPS) is 11.9. The van der Waals surface area contributed by atoms with Crippen molar-refractivity contribution in [3.63, 3.8) is 0 Å². The van der Waals surface area contributed by atoms with E-state index in [0.717, 1.165) is 28.3 Å². The first-order valence-corrected chi connectivity index (χ1v) is 14.5. The second-order valence-electron chi connectivity index (χ2n) is 9.29. The number of sulfonamides is 1. The number of hydrogen-bond acceptors (Lipinski definition) is 5. The highest BCUT2D eigenvalue weighted by atomic mass is 32.2. The minimum absolute atomic E-state index is 0.0523. The Balaban J connectivity index is 2.02. The van der Waals surface area contributed by atoms with Gasteiger partial charge in [-0.25, -0.2) is 8.42 Å². The number of benzene rings is 3. The Bertz CT molecular complexity index is 1360. The molecule has 0 heterocycles. The van der Waals surface area contributed by atoms with Crippen LogP contribution in [0.4, 0.5) is 5.69 Å². The molecule has 0 unspecified atom stereocenters. The van der Waals surface area contributed by atoms with Crippen molar-refractivity contribution in [2.24, 2.45) is 0 Å². The zero-order chi connectivity index (χ0) is 28.4. The Morgan fingerprint density at radius 1 is 0.974 bits per heavy atom. The summed E-state index contributed by atoms with van der Waals surface area (Å²) in [5.74, 6) is -0.336. The van der Waals surface area contributed by atoms with E-state index in [1.165, 1.54) is 24.1 Å². The van der Waals surface area contributed by atoms with Gasteiger partial charge in [-0.3, -0.25) is 13.9 Å². The number of amides is 2. The number of unbranched alkanes of at least 4 members (excludes halogenated alkanes) is 1. The average molecular weight is 552 g/mol. The maximum atomic E-state index is 14.0. The molecule has 0 aromatic heterocycles. The second-order valence-corrected chi connectivity index (χ2v) is 11.2. The van der Waals surface area contributed by atoms with Gasteiger partial charge in [-0.2, -0.15) is 0 Å². The molecule has 8 nitrogen and oxygen atoms in total. The molecule has 0 aliphatic heterocycles. The first-order valence-electron chi connectivity index (χ1n) is 13.0. The molecule has 0 radical (unpaired) electrons. The Morgan fingerprint density at radius 2 is 1.67 bits per heavy atom. The highest BCUT2D eigenvalue weighted by Gasteiger charge is 2.32. The number of carbonyl (C=O) groups is 2. The van der Waals surface area contributed by atoms with E-state index in [1.807, 2.05) is 38.1 Å². The van der Waals surface area contributed by atoms with Gasteiger partial charge in [0, 0.05) is 19.2 Å². The fourth-order valence-corrected chi connectivity index (χ4v) is 5.53. The van der Waals surface area contributed by atoms with Crippen LogP contribution in [0.1, 0.15) is 37.8 Å². The summed E-state index contributed by atoms with van der Waals surface area (Å²) >= 11 is 0. The zero-order valence-electron chi connectivity index (χ0n) is 23.0. The van der Waals surface area contributed by atoms with Gasteiger partial charge in [0.25, 0.3) is 10.0 Å². The Labute approximate surface area is 231 Å². The summed E-state index contributed by atoms with van der Waals surface area (Å²) in [6.07, 6.45) is 1.75. The van der Waals surface area contributed by atoms with Crippen LogP contribution in [0.5, 0.6) is 5.75 Å². The molecule has 208 valence electrons. The molecule has 3 rings (SSSR count). The third-order valence-electron chi connectivity index (χ3n) is 6.55. The molecule has 9 heteroatoms. The molecule has 0 bridgehead atoms. The van der Waals surface area contributed by atoms with Crippen LogP contribution in [-0.4, -0.2) is 51.4 Å². The van der Waals surface area contributed by atoms with E-state index < -0.39 is 28.5 Å². The standard InChI is InChI=1S/C30H37N3O5S/c1-5-6-19-31-30(35)24(3)32(21-25-14-11-10-13-23(25)2)29(34)22-33(26-15-12-16-27(20-26)38-4)39(36,37)28-17-8-7-9-18-28/h7-18,20,24H,5-6,19,21-22H2,1-4H3,(H,31,35)/t24-/m0/s1. The van der Waals surface area contributed by atoms with Crippen LogP contribution in [-0.2, 0) is 26.2 Å². The van der Waals surface area contributed by atoms with E-state index in [2.05, 4.69) is 5.32 Å². The van der Waals surface area contributed by atoms with Gasteiger partial charge in [-0.05, 0) is 55.7 Å². The smallest absolute Gasteiger partial charge is 0.264 e. The first-order chi connectivity index (χ1) is 18.7. The van der Waals surface area contributed by atoms with Crippen molar-refractivity contribution >= 4 is 27.5 Å². The van der Waals surface area contributed by atoms with Crippen molar-refractivity contribution in [1.29, 1.82) is 0 Å². The summed E-state index contributed by atoms with van der Waals surface area (Å²) in [4.78, 5) is 28.5. The minimum Gasteiger partial charge on any atom is -0.497 e. The number of nitrogens with zero attached hydrogens (tertiary/aromatic N) is 2. The molecule has 0 fully saturated rings. The summed E-state index contributed by atoms with van der Waals surface area (Å²) in [5, 5.41) is 2.89. The third kappa shape index (κ3) is 7.60. The maximum Gasteiger partial charge on any atom is 0.264 e. The van der Waals surface area contributed by atoms with Gasteiger partial charge >= 0.3 is 0 Å². The molecule has 2 amide bonds. The zero-order valence-corrected chi connectivity index (χ0v) is 23.8. The van der Waals surface area contributed by atoms with E-state index >= 15 is 0 Å². The number of methoxy groups -OCH3 is 1. The van der Waals surface area contributed by atoms with Crippen molar-refractivity contribution < 1.29 is 22.7 Å². The van der Waals surface area contributed by atoms with Gasteiger partial charge in [0.05, 0.1) is 17.7 Å². The molecular formula is C30H37N3O5S. The average Bonchev–Trinajstić information content (AvgIpc) is 2.95. The van der Waals surface area contributed by atoms with Gasteiger partial charge in [0.2, 0.25) is 11.8 Å². The van der Waals surface area contributed by atoms with Gasteiger partial charge in [0.15, 0.2) is 0 Å². The Hall–Kier alpha value is -3.85. The molecule has 0 saturated heterocycles. The molecule has 3 aromatic rings. The third-order valence-corrected chi connectivity index (χ3v) is 8.34. The van der Waals surface area contributed by atoms with Gasteiger partial charge in [-0.1, -0.05) is 61.9 Å². The predicted molar refractivity (Wildman–Crippen MR) is 153 cm³/mol. The predicted octanol–water partition coefficient (Wildman–Crippen LogP) is 4.53. The molecular weight excluding hydrogens is 514 g/mol. The van der Waals surface area contributed by atoms with Crippen molar-refractivity contribution in [1.82, 2.24) is 10.2 Å². The summed E-state index contributed by atoms with van der Waals surface area (Å²) in [7, 11) is -2.63. The van der Waals surface area contributed by atoms with Crippen LogP contribution < -0.4 is 14.4 Å². The van der Waals surface area contributed by atoms with Gasteiger partial charge in [0.1, 0.15) is 18.3 Å². The van der Waals surface area contributed by atoms with Crippen molar-refractivity contribution in [3.8, 4) is 5.75 Å². The van der Waals surface area contributed by atoms with E-state index in [0.29, 0.717) is 12.3 Å². The molecule has 3 aromatic carbocycles. The number of hydrogen-bond donors (Lipinski definition) is 1. The number of rotatable bonds is 13. The number of aryl methyl sites for hydroxylation is 1. The highest BCUT2D eigenvalue weighted by Crippen LogP contribution is 2.27. The lowest BCUT2D eigenvalue weighted by Crippen LogP contribution is -2.51. The summed E-state index contributed by atoms with van der Waals surface area (Å²) in [6, 6.07) is 21.3. The lowest BCUT2D eigenvalue weighted by atomic mass is 10.1. The molecule has 1 atom stereocenters. The highest BCUT2D eigenvalue weighted by molar-refractivity contribution is 7.92. The number of nitrogens with one attached hydrogen (secondary N) is 1. The minimum atomic E-state index is -4.12. The molecule has 0 aliphatic carbocycles. The largest absolute Gasteiger partial charge is 0.497 e. The number of ether oxygens (including phenoxy) is 1. The van der Waals surface area contributed by atoms with Crippen molar-refractivity contribution in [2.75, 3.05) is 24.5 Å².